The van der Waals surface area contributed by atoms with E-state index in [1.54, 1.807) is 7.11 Å². The van der Waals surface area contributed by atoms with E-state index in [4.69, 9.17) is 9.47 Å². The molecule has 3 aliphatic rings. The summed E-state index contributed by atoms with van der Waals surface area (Å²) in [6, 6.07) is 9.38. The molecule has 1 amide bonds. The fraction of sp³-hybridized carbons (Fsp3) is 0.500. The van der Waals surface area contributed by atoms with Crippen LogP contribution in [0.5, 0.6) is 0 Å². The number of nitrogens with zero attached hydrogens (tertiary/aromatic N) is 1. The van der Waals surface area contributed by atoms with Gasteiger partial charge in [0.15, 0.2) is 0 Å². The largest absolute Gasteiger partial charge is 0.481 e. The number of ether oxygens (including phenoxy) is 2. The molecule has 1 saturated carbocycles. The molecule has 1 N–H and O–H groups in total. The van der Waals surface area contributed by atoms with E-state index in [1.807, 2.05) is 30.3 Å². The van der Waals surface area contributed by atoms with Crippen molar-refractivity contribution in [3.05, 3.63) is 35.9 Å². The van der Waals surface area contributed by atoms with Crippen LogP contribution in [0.2, 0.25) is 0 Å². The van der Waals surface area contributed by atoms with Crippen LogP contribution in [-0.2, 0) is 20.9 Å². The third kappa shape index (κ3) is 2.43. The molecule has 1 aliphatic carbocycles. The number of methoxy groups -OCH3 is 1. The van der Waals surface area contributed by atoms with Gasteiger partial charge in [-0.3, -0.25) is 4.79 Å². The van der Waals surface area contributed by atoms with Gasteiger partial charge in [-0.05, 0) is 18.4 Å². The molecule has 6 heteroatoms. The molecule has 4 rings (SSSR count). The zero-order chi connectivity index (χ0) is 15.8. The normalized spacial score (nSPS) is 29.6. The average molecular weight is 305 g/mol. The standard InChI is InChI=1S/C16H19NO5/c1-21-16-8-15(9-16,13(18)19)10-17(11-16)14(20)22-7-12-5-3-2-4-6-12/h2-6H,7-11H2,1H3,(H,18,19). The first-order chi connectivity index (χ1) is 10.5. The Labute approximate surface area is 128 Å². The van der Waals surface area contributed by atoms with Crippen molar-refractivity contribution in [2.75, 3.05) is 20.2 Å². The van der Waals surface area contributed by atoms with Crippen molar-refractivity contribution in [3.8, 4) is 0 Å². The second-order valence-corrected chi connectivity index (χ2v) is 6.22. The number of amides is 1. The zero-order valence-electron chi connectivity index (χ0n) is 12.4. The van der Waals surface area contributed by atoms with Crippen molar-refractivity contribution in [2.24, 2.45) is 5.41 Å². The molecular formula is C16H19NO5. The number of hydrogen-bond acceptors (Lipinski definition) is 4. The number of carbonyl (C=O) groups excluding carboxylic acids is 1. The van der Waals surface area contributed by atoms with Crippen molar-refractivity contribution < 1.29 is 24.2 Å². The highest BCUT2D eigenvalue weighted by atomic mass is 16.6. The molecule has 1 aromatic carbocycles. The molecule has 0 unspecified atom stereocenters. The van der Waals surface area contributed by atoms with E-state index in [9.17, 15) is 14.7 Å². The topological polar surface area (TPSA) is 76.1 Å². The lowest BCUT2D eigenvalue weighted by Gasteiger charge is -2.59. The Balaban J connectivity index is 1.64. The number of carboxylic acids is 1. The highest BCUT2D eigenvalue weighted by Gasteiger charge is 2.65. The number of carboxylic acid groups (broad SMARTS) is 1. The van der Waals surface area contributed by atoms with Gasteiger partial charge in [0.2, 0.25) is 0 Å². The third-order valence-electron chi connectivity index (χ3n) is 4.64. The first-order valence-corrected chi connectivity index (χ1v) is 7.23. The lowest BCUT2D eigenvalue weighted by atomic mass is 9.56. The van der Waals surface area contributed by atoms with E-state index in [1.165, 1.54) is 4.90 Å². The first kappa shape index (κ1) is 14.8. The van der Waals surface area contributed by atoms with Crippen molar-refractivity contribution in [1.82, 2.24) is 4.90 Å². The molecule has 2 bridgehead atoms. The van der Waals surface area contributed by atoms with Crippen LogP contribution < -0.4 is 0 Å². The predicted octanol–water partition coefficient (Wildman–Crippen LogP) is 1.89. The van der Waals surface area contributed by atoms with Crippen LogP contribution in [0.4, 0.5) is 4.79 Å². The van der Waals surface area contributed by atoms with E-state index in [2.05, 4.69) is 0 Å². The van der Waals surface area contributed by atoms with Gasteiger partial charge in [0.1, 0.15) is 6.61 Å². The van der Waals surface area contributed by atoms with Gasteiger partial charge in [-0.1, -0.05) is 30.3 Å². The minimum Gasteiger partial charge on any atom is -0.481 e. The Bertz CT molecular complexity index is 579. The number of rotatable bonds is 4. The Morgan fingerprint density at radius 1 is 1.23 bits per heavy atom. The summed E-state index contributed by atoms with van der Waals surface area (Å²) in [5, 5.41) is 9.42. The summed E-state index contributed by atoms with van der Waals surface area (Å²) >= 11 is 0. The van der Waals surface area contributed by atoms with Crippen LogP contribution in [0.15, 0.2) is 30.3 Å². The van der Waals surface area contributed by atoms with Gasteiger partial charge in [-0.2, -0.15) is 0 Å². The van der Waals surface area contributed by atoms with Gasteiger partial charge in [-0.25, -0.2) is 4.79 Å². The van der Waals surface area contributed by atoms with Gasteiger partial charge >= 0.3 is 12.1 Å². The minimum absolute atomic E-state index is 0.177. The van der Waals surface area contributed by atoms with Crippen molar-refractivity contribution in [3.63, 3.8) is 0 Å². The molecule has 2 aliphatic heterocycles. The molecule has 118 valence electrons. The number of fused-ring (bicyclic) bond motifs is 2. The van der Waals surface area contributed by atoms with Crippen molar-refractivity contribution in [2.45, 2.75) is 25.0 Å². The molecule has 3 fully saturated rings. The van der Waals surface area contributed by atoms with Crippen LogP contribution in [0.1, 0.15) is 18.4 Å². The molecule has 2 heterocycles. The number of piperidine rings is 2. The third-order valence-corrected chi connectivity index (χ3v) is 4.64. The maximum absolute atomic E-state index is 12.2. The molecule has 1 aromatic rings. The SMILES string of the molecule is COC12CN(C(=O)OCc3ccccc3)CC(C(=O)O)(C1)C2. The van der Waals surface area contributed by atoms with Crippen LogP contribution in [-0.4, -0.2) is 47.9 Å². The van der Waals surface area contributed by atoms with Gasteiger partial charge in [0.05, 0.1) is 17.6 Å². The molecule has 0 radical (unpaired) electrons. The van der Waals surface area contributed by atoms with E-state index >= 15 is 0 Å². The summed E-state index contributed by atoms with van der Waals surface area (Å²) in [5.41, 5.74) is -0.532. The Kier molecular flexibility index (Phi) is 3.56. The summed E-state index contributed by atoms with van der Waals surface area (Å²) in [7, 11) is 1.56. The van der Waals surface area contributed by atoms with Crippen molar-refractivity contribution in [1.29, 1.82) is 0 Å². The number of hydrogen-bond donors (Lipinski definition) is 1. The van der Waals surface area contributed by atoms with E-state index in [0.29, 0.717) is 19.4 Å². The van der Waals surface area contributed by atoms with E-state index < -0.39 is 23.1 Å². The average Bonchev–Trinajstić information content (AvgIpc) is 2.52. The molecule has 6 nitrogen and oxygen atoms in total. The molecule has 0 atom stereocenters. The lowest BCUT2D eigenvalue weighted by Crippen LogP contribution is -2.71. The van der Waals surface area contributed by atoms with Crippen LogP contribution in [0.3, 0.4) is 0 Å². The van der Waals surface area contributed by atoms with Gasteiger partial charge in [0, 0.05) is 13.7 Å². The molecule has 2 saturated heterocycles. The van der Waals surface area contributed by atoms with Crippen LogP contribution in [0, 0.1) is 5.41 Å². The second-order valence-electron chi connectivity index (χ2n) is 6.22. The fourth-order valence-electron chi connectivity index (χ4n) is 3.54. The van der Waals surface area contributed by atoms with E-state index in [-0.39, 0.29) is 13.2 Å². The maximum Gasteiger partial charge on any atom is 0.410 e. The van der Waals surface area contributed by atoms with Crippen molar-refractivity contribution >= 4 is 12.1 Å². The van der Waals surface area contributed by atoms with Crippen LogP contribution >= 0.6 is 0 Å². The fourth-order valence-corrected chi connectivity index (χ4v) is 3.54. The smallest absolute Gasteiger partial charge is 0.410 e. The summed E-state index contributed by atoms with van der Waals surface area (Å²) in [5.74, 6) is -0.874. The predicted molar refractivity (Wildman–Crippen MR) is 77.2 cm³/mol. The second kappa shape index (κ2) is 5.28. The molecule has 0 spiro atoms. The molecule has 22 heavy (non-hydrogen) atoms. The highest BCUT2D eigenvalue weighted by molar-refractivity contribution is 5.79. The molecule has 0 aromatic heterocycles. The maximum atomic E-state index is 12.2. The number of benzene rings is 1. The first-order valence-electron chi connectivity index (χ1n) is 7.23. The monoisotopic (exact) mass is 305 g/mol. The Morgan fingerprint density at radius 3 is 2.50 bits per heavy atom. The van der Waals surface area contributed by atoms with Gasteiger partial charge in [-0.15, -0.1) is 0 Å². The molecular weight excluding hydrogens is 286 g/mol. The zero-order valence-corrected chi connectivity index (χ0v) is 12.4. The Hall–Kier alpha value is -2.08. The van der Waals surface area contributed by atoms with Gasteiger partial charge < -0.3 is 19.5 Å². The van der Waals surface area contributed by atoms with Gasteiger partial charge in [0.25, 0.3) is 0 Å². The number of carbonyl (C=O) groups is 2. The highest BCUT2D eigenvalue weighted by Crippen LogP contribution is 2.55. The summed E-state index contributed by atoms with van der Waals surface area (Å²) in [6.07, 6.45) is 0.415. The summed E-state index contributed by atoms with van der Waals surface area (Å²) in [6.45, 7) is 0.740. The Morgan fingerprint density at radius 2 is 1.91 bits per heavy atom. The quantitative estimate of drug-likeness (QED) is 0.919. The lowest BCUT2D eigenvalue weighted by molar-refractivity contribution is -0.216. The summed E-state index contributed by atoms with van der Waals surface area (Å²) < 4.78 is 10.7. The minimum atomic E-state index is -0.889. The van der Waals surface area contributed by atoms with E-state index in [0.717, 1.165) is 5.56 Å². The summed E-state index contributed by atoms with van der Waals surface area (Å²) in [4.78, 5) is 25.2. The van der Waals surface area contributed by atoms with Crippen LogP contribution in [0.25, 0.3) is 0 Å². The number of aliphatic carboxylic acids is 1.